The van der Waals surface area contributed by atoms with E-state index in [-0.39, 0.29) is 17.4 Å². The Hall–Kier alpha value is -1.54. The summed E-state index contributed by atoms with van der Waals surface area (Å²) in [6.07, 6.45) is 0.437. The van der Waals surface area contributed by atoms with Crippen LogP contribution in [0.4, 0.5) is 13.2 Å². The number of thiophene rings is 1. The highest BCUT2D eigenvalue weighted by atomic mass is 32.2. The molecule has 2 atom stereocenters. The van der Waals surface area contributed by atoms with E-state index in [1.54, 1.807) is 10.9 Å². The van der Waals surface area contributed by atoms with Gasteiger partial charge in [-0.15, -0.1) is 16.4 Å². The predicted molar refractivity (Wildman–Crippen MR) is 120 cm³/mol. The summed E-state index contributed by atoms with van der Waals surface area (Å²) in [7, 11) is -3.02. The smallest absolute Gasteiger partial charge is 0.392 e. The topological polar surface area (TPSA) is 97.6 Å². The fourth-order valence-electron chi connectivity index (χ4n) is 4.98. The van der Waals surface area contributed by atoms with Crippen LogP contribution in [0.1, 0.15) is 52.8 Å². The Morgan fingerprint density at radius 1 is 1.38 bits per heavy atom. The number of aliphatic hydroxyl groups is 1. The molecule has 0 aliphatic carbocycles. The predicted octanol–water partition coefficient (Wildman–Crippen LogP) is 2.74. The second-order valence-electron chi connectivity index (χ2n) is 9.20. The van der Waals surface area contributed by atoms with Crippen molar-refractivity contribution in [1.29, 1.82) is 0 Å². The molecule has 8 nitrogen and oxygen atoms in total. The third-order valence-electron chi connectivity index (χ3n) is 6.58. The van der Waals surface area contributed by atoms with Gasteiger partial charge in [-0.1, -0.05) is 5.21 Å². The average molecular weight is 523 g/mol. The largest absolute Gasteiger partial charge is 0.425 e. The molecule has 2 aromatic heterocycles. The Kier molecular flexibility index (Phi) is 7.13. The molecule has 2 aliphatic heterocycles. The van der Waals surface area contributed by atoms with Gasteiger partial charge in [0.25, 0.3) is 0 Å². The van der Waals surface area contributed by atoms with E-state index in [1.165, 1.54) is 6.26 Å². The van der Waals surface area contributed by atoms with Crippen LogP contribution in [0.2, 0.25) is 0 Å². The van der Waals surface area contributed by atoms with E-state index in [1.807, 2.05) is 6.92 Å². The summed E-state index contributed by atoms with van der Waals surface area (Å²) in [5.41, 5.74) is 0.581. The molecule has 190 valence electrons. The van der Waals surface area contributed by atoms with Crippen molar-refractivity contribution in [3.8, 4) is 0 Å². The minimum absolute atomic E-state index is 0.00209. The number of aliphatic hydroxyl groups excluding tert-OH is 1. The maximum absolute atomic E-state index is 13.6. The number of hydrogen-bond donors (Lipinski definition) is 1. The first-order valence-corrected chi connectivity index (χ1v) is 14.1. The van der Waals surface area contributed by atoms with E-state index in [4.69, 9.17) is 4.74 Å². The van der Waals surface area contributed by atoms with Gasteiger partial charge in [0.2, 0.25) is 0 Å². The number of ether oxygens (including phenoxy) is 1. The van der Waals surface area contributed by atoms with E-state index in [0.29, 0.717) is 62.4 Å². The summed E-state index contributed by atoms with van der Waals surface area (Å²) < 4.78 is 71.2. The number of piperidine rings is 1. The van der Waals surface area contributed by atoms with Crippen molar-refractivity contribution in [2.45, 2.75) is 70.1 Å². The third-order valence-corrected chi connectivity index (χ3v) is 9.12. The SMILES string of the molecule is C[C@H]1C[C@@]2(CCN1Cc1cn(CCCS(C)(=O)=O)nn1)OCCc1c2sc(C(F)(F)F)c1CO. The molecule has 2 aliphatic rings. The van der Waals surface area contributed by atoms with Gasteiger partial charge in [-0.2, -0.15) is 13.2 Å². The van der Waals surface area contributed by atoms with Gasteiger partial charge in [0.15, 0.2) is 0 Å². The number of fused-ring (bicyclic) bond motifs is 2. The van der Waals surface area contributed by atoms with Gasteiger partial charge in [0, 0.05) is 48.6 Å². The lowest BCUT2D eigenvalue weighted by molar-refractivity contribution is -0.135. The van der Waals surface area contributed by atoms with Crippen LogP contribution in [0.3, 0.4) is 0 Å². The quantitative estimate of drug-likeness (QED) is 0.597. The molecule has 1 spiro atoms. The number of alkyl halides is 3. The average Bonchev–Trinajstić information content (AvgIpc) is 3.34. The first-order valence-electron chi connectivity index (χ1n) is 11.2. The molecule has 0 saturated carbocycles. The number of aryl methyl sites for hydroxylation is 1. The highest BCUT2D eigenvalue weighted by Gasteiger charge is 2.48. The van der Waals surface area contributed by atoms with Crippen LogP contribution in [0.5, 0.6) is 0 Å². The number of sulfone groups is 1. The van der Waals surface area contributed by atoms with Crippen LogP contribution in [-0.2, 0) is 52.5 Å². The molecule has 4 rings (SSSR count). The first kappa shape index (κ1) is 25.5. The zero-order valence-electron chi connectivity index (χ0n) is 19.1. The standard InChI is InChI=1S/C21H29F3N4O4S2/c1-14-10-20(18-16(4-8-32-20)17(13-29)19(33-18)21(22,23)24)5-7-27(14)11-15-12-28(26-25-15)6-3-9-34(2,30)31/h12,14,29H,3-11,13H2,1-2H3/t14-,20+/m0/s1. The second kappa shape index (κ2) is 9.49. The number of rotatable bonds is 7. The van der Waals surface area contributed by atoms with Crippen LogP contribution in [0.25, 0.3) is 0 Å². The van der Waals surface area contributed by atoms with Crippen molar-refractivity contribution in [2.75, 3.05) is 25.2 Å². The molecule has 0 bridgehead atoms. The fraction of sp³-hybridized carbons (Fsp3) is 0.714. The monoisotopic (exact) mass is 522 g/mol. The first-order chi connectivity index (χ1) is 15.9. The lowest BCUT2D eigenvalue weighted by Crippen LogP contribution is -2.50. The van der Waals surface area contributed by atoms with Crippen molar-refractivity contribution in [3.63, 3.8) is 0 Å². The molecule has 0 unspecified atom stereocenters. The van der Waals surface area contributed by atoms with Crippen LogP contribution in [0.15, 0.2) is 6.20 Å². The van der Waals surface area contributed by atoms with Crippen LogP contribution < -0.4 is 0 Å². The maximum Gasteiger partial charge on any atom is 0.425 e. The van der Waals surface area contributed by atoms with Gasteiger partial charge in [-0.05, 0) is 38.2 Å². The van der Waals surface area contributed by atoms with E-state index >= 15 is 0 Å². The summed E-state index contributed by atoms with van der Waals surface area (Å²) in [6, 6.07) is 0.0316. The van der Waals surface area contributed by atoms with Crippen molar-refractivity contribution in [3.05, 3.63) is 32.8 Å². The number of aromatic nitrogens is 3. The Morgan fingerprint density at radius 3 is 2.79 bits per heavy atom. The van der Waals surface area contributed by atoms with Crippen molar-refractivity contribution >= 4 is 21.2 Å². The molecule has 0 aromatic carbocycles. The Bertz CT molecular complexity index is 1130. The highest BCUT2D eigenvalue weighted by molar-refractivity contribution is 7.90. The van der Waals surface area contributed by atoms with Crippen molar-refractivity contribution in [1.82, 2.24) is 19.9 Å². The summed E-state index contributed by atoms with van der Waals surface area (Å²) >= 11 is 0.722. The molecule has 13 heteroatoms. The number of likely N-dealkylation sites (tertiary alicyclic amines) is 1. The highest BCUT2D eigenvalue weighted by Crippen LogP contribution is 2.51. The Labute approximate surface area is 200 Å². The molecule has 1 saturated heterocycles. The number of halogens is 3. The molecular formula is C21H29F3N4O4S2. The summed E-state index contributed by atoms with van der Waals surface area (Å²) in [5, 5.41) is 17.9. The zero-order chi connectivity index (χ0) is 24.7. The van der Waals surface area contributed by atoms with Gasteiger partial charge >= 0.3 is 6.18 Å². The maximum atomic E-state index is 13.6. The van der Waals surface area contributed by atoms with E-state index < -0.39 is 33.1 Å². The van der Waals surface area contributed by atoms with Gasteiger partial charge < -0.3 is 9.84 Å². The molecule has 1 N–H and O–H groups in total. The summed E-state index contributed by atoms with van der Waals surface area (Å²) in [4.78, 5) is 2.10. The second-order valence-corrected chi connectivity index (χ2v) is 12.5. The molecule has 0 radical (unpaired) electrons. The van der Waals surface area contributed by atoms with E-state index in [0.717, 1.165) is 17.0 Å². The zero-order valence-corrected chi connectivity index (χ0v) is 20.8. The lowest BCUT2D eigenvalue weighted by Gasteiger charge is -2.47. The Morgan fingerprint density at radius 2 is 2.15 bits per heavy atom. The van der Waals surface area contributed by atoms with E-state index in [9.17, 15) is 26.7 Å². The van der Waals surface area contributed by atoms with Crippen LogP contribution in [-0.4, -0.2) is 64.6 Å². The fourth-order valence-corrected chi connectivity index (χ4v) is 7.05. The van der Waals surface area contributed by atoms with Gasteiger partial charge in [-0.3, -0.25) is 9.58 Å². The number of nitrogens with zero attached hydrogens (tertiary/aromatic N) is 4. The van der Waals surface area contributed by atoms with Crippen LogP contribution >= 0.6 is 11.3 Å². The molecule has 1 fully saturated rings. The molecular weight excluding hydrogens is 493 g/mol. The summed E-state index contributed by atoms with van der Waals surface area (Å²) in [6.45, 7) is 3.36. The van der Waals surface area contributed by atoms with Gasteiger partial charge in [0.05, 0.1) is 24.7 Å². The minimum atomic E-state index is -4.50. The van der Waals surface area contributed by atoms with E-state index in [2.05, 4.69) is 15.2 Å². The normalized spacial score (nSPS) is 24.0. The molecule has 34 heavy (non-hydrogen) atoms. The lowest BCUT2D eigenvalue weighted by atomic mass is 9.81. The third kappa shape index (κ3) is 5.32. The molecule has 2 aromatic rings. The van der Waals surface area contributed by atoms with Gasteiger partial charge in [-0.25, -0.2) is 8.42 Å². The number of hydrogen-bond acceptors (Lipinski definition) is 8. The summed E-state index contributed by atoms with van der Waals surface area (Å²) in [5.74, 6) is 0.0895. The molecule has 4 heterocycles. The van der Waals surface area contributed by atoms with Crippen LogP contribution in [0, 0.1) is 0 Å². The molecule has 0 amide bonds. The minimum Gasteiger partial charge on any atom is -0.392 e. The Balaban J connectivity index is 1.45. The van der Waals surface area contributed by atoms with Crippen molar-refractivity contribution in [2.24, 2.45) is 0 Å². The van der Waals surface area contributed by atoms with Crippen molar-refractivity contribution < 1.29 is 31.4 Å². The van der Waals surface area contributed by atoms with Gasteiger partial charge in [0.1, 0.15) is 20.3 Å².